The van der Waals surface area contributed by atoms with Gasteiger partial charge in [-0.25, -0.2) is 0 Å². The third-order valence-electron chi connectivity index (χ3n) is 4.65. The third-order valence-corrected chi connectivity index (χ3v) is 4.65. The van der Waals surface area contributed by atoms with Crippen LogP contribution in [0.4, 0.5) is 0 Å². The molecule has 7 heteroatoms. The fraction of sp³-hybridized carbons (Fsp3) is 0.474. The number of rotatable bonds is 6. The standard InChI is InChI=1S/C19H25N5O2/c1-14-6-10-23(22-14)11-7-19(26)24-9-3-4-18(24)16-5-8-20-17(12-16)13-21-15(2)25/h5-6,8,10,12,18H,3-4,7,9,11,13H2,1-2H3,(H,21,25). The number of nitrogens with zero attached hydrogens (tertiary/aromatic N) is 4. The molecule has 26 heavy (non-hydrogen) atoms. The second-order valence-corrected chi connectivity index (χ2v) is 6.71. The lowest BCUT2D eigenvalue weighted by Gasteiger charge is -2.25. The van der Waals surface area contributed by atoms with E-state index >= 15 is 0 Å². The molecular formula is C19H25N5O2. The fourth-order valence-electron chi connectivity index (χ4n) is 3.37. The smallest absolute Gasteiger partial charge is 0.224 e. The van der Waals surface area contributed by atoms with Gasteiger partial charge in [-0.1, -0.05) is 0 Å². The van der Waals surface area contributed by atoms with E-state index in [1.54, 1.807) is 6.20 Å². The average Bonchev–Trinajstić information content (AvgIpc) is 3.27. The Bertz CT molecular complexity index is 786. The van der Waals surface area contributed by atoms with Crippen molar-refractivity contribution < 1.29 is 9.59 Å². The van der Waals surface area contributed by atoms with Gasteiger partial charge in [-0.15, -0.1) is 0 Å². The number of pyridine rings is 1. The van der Waals surface area contributed by atoms with Crippen LogP contribution in [0.2, 0.25) is 0 Å². The average molecular weight is 355 g/mol. The highest BCUT2D eigenvalue weighted by atomic mass is 16.2. The minimum absolute atomic E-state index is 0.0799. The van der Waals surface area contributed by atoms with Crippen molar-refractivity contribution >= 4 is 11.8 Å². The van der Waals surface area contributed by atoms with Gasteiger partial charge in [0.1, 0.15) is 0 Å². The van der Waals surface area contributed by atoms with E-state index < -0.39 is 0 Å². The van der Waals surface area contributed by atoms with Crippen LogP contribution in [0.5, 0.6) is 0 Å². The lowest BCUT2D eigenvalue weighted by atomic mass is 10.0. The van der Waals surface area contributed by atoms with Crippen molar-refractivity contribution in [3.63, 3.8) is 0 Å². The van der Waals surface area contributed by atoms with Crippen LogP contribution in [0.1, 0.15) is 49.2 Å². The first-order valence-electron chi connectivity index (χ1n) is 9.02. The second-order valence-electron chi connectivity index (χ2n) is 6.71. The molecule has 3 rings (SSSR count). The number of aryl methyl sites for hydroxylation is 2. The fourth-order valence-corrected chi connectivity index (χ4v) is 3.37. The molecule has 1 unspecified atom stereocenters. The first-order valence-corrected chi connectivity index (χ1v) is 9.02. The van der Waals surface area contributed by atoms with Crippen molar-refractivity contribution in [1.82, 2.24) is 25.0 Å². The lowest BCUT2D eigenvalue weighted by Crippen LogP contribution is -2.31. The van der Waals surface area contributed by atoms with E-state index in [-0.39, 0.29) is 17.9 Å². The molecule has 0 bridgehead atoms. The van der Waals surface area contributed by atoms with Crippen molar-refractivity contribution in [1.29, 1.82) is 0 Å². The van der Waals surface area contributed by atoms with Gasteiger partial charge in [-0.2, -0.15) is 5.10 Å². The van der Waals surface area contributed by atoms with E-state index in [0.29, 0.717) is 19.5 Å². The molecule has 1 aliphatic heterocycles. The van der Waals surface area contributed by atoms with Gasteiger partial charge in [-0.3, -0.25) is 19.3 Å². The third kappa shape index (κ3) is 4.47. The summed E-state index contributed by atoms with van der Waals surface area (Å²) >= 11 is 0. The summed E-state index contributed by atoms with van der Waals surface area (Å²) in [6.07, 6.45) is 6.06. The molecule has 2 aromatic heterocycles. The van der Waals surface area contributed by atoms with E-state index in [0.717, 1.165) is 36.3 Å². The Morgan fingerprint density at radius 1 is 1.35 bits per heavy atom. The maximum Gasteiger partial charge on any atom is 0.224 e. The molecule has 0 saturated carbocycles. The summed E-state index contributed by atoms with van der Waals surface area (Å²) in [6.45, 7) is 5.21. The van der Waals surface area contributed by atoms with Gasteiger partial charge in [0, 0.05) is 38.8 Å². The highest BCUT2D eigenvalue weighted by Crippen LogP contribution is 2.32. The van der Waals surface area contributed by atoms with E-state index in [2.05, 4.69) is 15.4 Å². The molecule has 1 atom stereocenters. The molecule has 2 aromatic rings. The van der Waals surface area contributed by atoms with Crippen molar-refractivity contribution in [2.45, 2.75) is 52.2 Å². The molecule has 1 aliphatic rings. The Balaban J connectivity index is 1.64. The SMILES string of the molecule is CC(=O)NCc1cc(C2CCCN2C(=O)CCn2ccc(C)n2)ccn1. The predicted molar refractivity (Wildman–Crippen MR) is 97.0 cm³/mol. The predicted octanol–water partition coefficient (Wildman–Crippen LogP) is 1.98. The van der Waals surface area contributed by atoms with E-state index in [1.165, 1.54) is 6.92 Å². The van der Waals surface area contributed by atoms with Crippen LogP contribution >= 0.6 is 0 Å². The normalized spacial score (nSPS) is 16.7. The summed E-state index contributed by atoms with van der Waals surface area (Å²) in [6, 6.07) is 5.98. The van der Waals surface area contributed by atoms with Gasteiger partial charge in [-0.05, 0) is 43.5 Å². The zero-order valence-corrected chi connectivity index (χ0v) is 15.3. The van der Waals surface area contributed by atoms with E-state index in [1.807, 2.05) is 40.9 Å². The van der Waals surface area contributed by atoms with Crippen LogP contribution in [-0.4, -0.2) is 38.0 Å². The van der Waals surface area contributed by atoms with Crippen molar-refractivity contribution in [2.75, 3.05) is 6.54 Å². The quantitative estimate of drug-likeness (QED) is 0.859. The van der Waals surface area contributed by atoms with Crippen molar-refractivity contribution in [3.05, 3.63) is 47.5 Å². The summed E-state index contributed by atoms with van der Waals surface area (Å²) in [5.41, 5.74) is 2.85. The minimum atomic E-state index is -0.0799. The molecule has 3 heterocycles. The Hall–Kier alpha value is -2.70. The minimum Gasteiger partial charge on any atom is -0.351 e. The molecule has 0 aromatic carbocycles. The molecule has 0 spiro atoms. The first-order chi connectivity index (χ1) is 12.5. The lowest BCUT2D eigenvalue weighted by molar-refractivity contribution is -0.132. The van der Waals surface area contributed by atoms with Crippen LogP contribution < -0.4 is 5.32 Å². The largest absolute Gasteiger partial charge is 0.351 e. The van der Waals surface area contributed by atoms with E-state index in [4.69, 9.17) is 0 Å². The molecule has 7 nitrogen and oxygen atoms in total. The molecular weight excluding hydrogens is 330 g/mol. The molecule has 1 saturated heterocycles. The van der Waals surface area contributed by atoms with Gasteiger partial charge >= 0.3 is 0 Å². The highest BCUT2D eigenvalue weighted by Gasteiger charge is 2.29. The van der Waals surface area contributed by atoms with Gasteiger partial charge in [0.05, 0.1) is 24.0 Å². The number of carbonyl (C=O) groups excluding carboxylic acids is 2. The Morgan fingerprint density at radius 2 is 2.19 bits per heavy atom. The second kappa shape index (κ2) is 8.12. The summed E-state index contributed by atoms with van der Waals surface area (Å²) in [7, 11) is 0. The summed E-state index contributed by atoms with van der Waals surface area (Å²) in [5.74, 6) is 0.0737. The molecule has 2 amide bonds. The van der Waals surface area contributed by atoms with Gasteiger partial charge in [0.15, 0.2) is 0 Å². The maximum absolute atomic E-state index is 12.7. The van der Waals surface area contributed by atoms with Crippen LogP contribution in [-0.2, 0) is 22.7 Å². The Morgan fingerprint density at radius 3 is 2.92 bits per heavy atom. The van der Waals surface area contributed by atoms with Gasteiger partial charge < -0.3 is 10.2 Å². The number of amides is 2. The first kappa shape index (κ1) is 18.1. The van der Waals surface area contributed by atoms with Gasteiger partial charge in [0.2, 0.25) is 11.8 Å². The van der Waals surface area contributed by atoms with Gasteiger partial charge in [0.25, 0.3) is 0 Å². The number of hydrogen-bond donors (Lipinski definition) is 1. The van der Waals surface area contributed by atoms with Crippen LogP contribution in [0.3, 0.4) is 0 Å². The topological polar surface area (TPSA) is 80.1 Å². The van der Waals surface area contributed by atoms with Crippen molar-refractivity contribution in [3.8, 4) is 0 Å². The number of hydrogen-bond acceptors (Lipinski definition) is 4. The van der Waals surface area contributed by atoms with Crippen LogP contribution in [0.25, 0.3) is 0 Å². The van der Waals surface area contributed by atoms with Crippen LogP contribution in [0, 0.1) is 6.92 Å². The summed E-state index contributed by atoms with van der Waals surface area (Å²) in [5, 5.41) is 7.10. The number of nitrogens with one attached hydrogen (secondary N) is 1. The summed E-state index contributed by atoms with van der Waals surface area (Å²) in [4.78, 5) is 30.1. The van der Waals surface area contributed by atoms with Crippen molar-refractivity contribution in [2.24, 2.45) is 0 Å². The zero-order chi connectivity index (χ0) is 18.5. The molecule has 1 N–H and O–H groups in total. The maximum atomic E-state index is 12.7. The molecule has 0 radical (unpaired) electrons. The van der Waals surface area contributed by atoms with Crippen LogP contribution in [0.15, 0.2) is 30.6 Å². The molecule has 0 aliphatic carbocycles. The molecule has 1 fully saturated rings. The Labute approximate surface area is 153 Å². The monoisotopic (exact) mass is 355 g/mol. The van der Waals surface area contributed by atoms with E-state index in [9.17, 15) is 9.59 Å². The summed E-state index contributed by atoms with van der Waals surface area (Å²) < 4.78 is 1.82. The highest BCUT2D eigenvalue weighted by molar-refractivity contribution is 5.77. The molecule has 138 valence electrons. The Kier molecular flexibility index (Phi) is 5.65. The number of carbonyl (C=O) groups is 2. The number of aromatic nitrogens is 3. The zero-order valence-electron chi connectivity index (χ0n) is 15.3. The number of likely N-dealkylation sites (tertiary alicyclic amines) is 1.